The van der Waals surface area contributed by atoms with Gasteiger partial charge in [-0.2, -0.15) is 4.98 Å². The fourth-order valence-corrected chi connectivity index (χ4v) is 4.31. The highest BCUT2D eigenvalue weighted by molar-refractivity contribution is 5.74. The molecule has 2 fully saturated rings. The second-order valence-electron chi connectivity index (χ2n) is 7.02. The summed E-state index contributed by atoms with van der Waals surface area (Å²) >= 11 is 0. The number of fused-ring (bicyclic) bond motifs is 1. The maximum Gasteiger partial charge on any atom is 0.223 e. The van der Waals surface area contributed by atoms with Gasteiger partial charge < -0.3 is 9.42 Å². The lowest BCUT2D eigenvalue weighted by atomic mass is 9.89. The predicted octanol–water partition coefficient (Wildman–Crippen LogP) is 2.17. The largest absolute Gasteiger partial charge is 0.340 e. The minimum atomic E-state index is -0.262. The van der Waals surface area contributed by atoms with Gasteiger partial charge in [0.15, 0.2) is 5.82 Å². The van der Waals surface area contributed by atoms with Crippen LogP contribution in [0.5, 0.6) is 0 Å². The number of benzene rings is 1. The standard InChI is InChI=1S/C18H21FN4O2/c1-11-20-17(21-25-11)10-22-7-14-8-23(12(2)24)18(16(14)9-22)13-4-3-5-15(19)6-13/h3-6,14,16,18H,7-10H2,1-2H3/t14-,16-,18+/m1/s1. The van der Waals surface area contributed by atoms with Crippen molar-refractivity contribution in [3.05, 3.63) is 47.4 Å². The Balaban J connectivity index is 1.56. The summed E-state index contributed by atoms with van der Waals surface area (Å²) in [5.41, 5.74) is 0.875. The van der Waals surface area contributed by atoms with E-state index in [0.29, 0.717) is 36.6 Å². The Hall–Kier alpha value is -2.28. The Morgan fingerprint density at radius 1 is 1.36 bits per heavy atom. The second kappa shape index (κ2) is 6.22. The average molecular weight is 344 g/mol. The number of hydrogen-bond acceptors (Lipinski definition) is 5. The summed E-state index contributed by atoms with van der Waals surface area (Å²) in [4.78, 5) is 20.6. The molecule has 7 heteroatoms. The minimum Gasteiger partial charge on any atom is -0.340 e. The van der Waals surface area contributed by atoms with Crippen molar-refractivity contribution in [2.45, 2.75) is 26.4 Å². The fourth-order valence-electron chi connectivity index (χ4n) is 4.31. The third kappa shape index (κ3) is 3.04. The number of nitrogens with zero attached hydrogens (tertiary/aromatic N) is 4. The number of halogens is 1. The van der Waals surface area contributed by atoms with Crippen molar-refractivity contribution in [1.29, 1.82) is 0 Å². The predicted molar refractivity (Wildman–Crippen MR) is 87.8 cm³/mol. The molecule has 1 amide bonds. The van der Waals surface area contributed by atoms with Crippen LogP contribution in [0.25, 0.3) is 0 Å². The number of carbonyl (C=O) groups is 1. The quantitative estimate of drug-likeness (QED) is 0.854. The van der Waals surface area contributed by atoms with E-state index in [1.165, 1.54) is 6.07 Å². The lowest BCUT2D eigenvalue weighted by Crippen LogP contribution is -2.34. The van der Waals surface area contributed by atoms with E-state index in [2.05, 4.69) is 15.0 Å². The molecule has 132 valence electrons. The summed E-state index contributed by atoms with van der Waals surface area (Å²) in [6.45, 7) is 6.44. The summed E-state index contributed by atoms with van der Waals surface area (Å²) in [5.74, 6) is 1.70. The zero-order valence-electron chi connectivity index (χ0n) is 14.4. The van der Waals surface area contributed by atoms with Crippen LogP contribution in [0.4, 0.5) is 4.39 Å². The molecule has 0 spiro atoms. The number of amides is 1. The van der Waals surface area contributed by atoms with Crippen LogP contribution in [0, 0.1) is 24.6 Å². The van der Waals surface area contributed by atoms with Gasteiger partial charge in [-0.3, -0.25) is 9.69 Å². The Morgan fingerprint density at radius 3 is 2.88 bits per heavy atom. The molecule has 2 aromatic rings. The molecule has 4 rings (SSSR count). The zero-order chi connectivity index (χ0) is 17.6. The first-order valence-corrected chi connectivity index (χ1v) is 8.55. The third-order valence-corrected chi connectivity index (χ3v) is 5.27. The summed E-state index contributed by atoms with van der Waals surface area (Å²) in [7, 11) is 0. The molecule has 0 radical (unpaired) electrons. The van der Waals surface area contributed by atoms with E-state index in [1.54, 1.807) is 26.0 Å². The smallest absolute Gasteiger partial charge is 0.223 e. The molecular weight excluding hydrogens is 323 g/mol. The van der Waals surface area contributed by atoms with Crippen molar-refractivity contribution in [1.82, 2.24) is 19.9 Å². The van der Waals surface area contributed by atoms with Crippen LogP contribution in [0.15, 0.2) is 28.8 Å². The molecule has 25 heavy (non-hydrogen) atoms. The van der Waals surface area contributed by atoms with Crippen molar-refractivity contribution in [3.8, 4) is 0 Å². The van der Waals surface area contributed by atoms with E-state index in [-0.39, 0.29) is 17.8 Å². The number of carbonyl (C=O) groups excluding carboxylic acids is 1. The number of rotatable bonds is 3. The number of likely N-dealkylation sites (tertiary alicyclic amines) is 2. The maximum atomic E-state index is 13.7. The average Bonchev–Trinajstić information content (AvgIpc) is 3.21. The van der Waals surface area contributed by atoms with Crippen molar-refractivity contribution in [2.75, 3.05) is 19.6 Å². The van der Waals surface area contributed by atoms with E-state index >= 15 is 0 Å². The molecular formula is C18H21FN4O2. The van der Waals surface area contributed by atoms with Crippen LogP contribution in [0.1, 0.15) is 30.2 Å². The molecule has 2 aliphatic heterocycles. The van der Waals surface area contributed by atoms with Gasteiger partial charge in [-0.15, -0.1) is 0 Å². The van der Waals surface area contributed by atoms with Gasteiger partial charge in [-0.05, 0) is 23.6 Å². The molecule has 0 saturated carbocycles. The number of hydrogen-bond donors (Lipinski definition) is 0. The highest BCUT2D eigenvalue weighted by Gasteiger charge is 2.48. The molecule has 1 aromatic carbocycles. The summed E-state index contributed by atoms with van der Waals surface area (Å²) in [5, 5.41) is 3.96. The van der Waals surface area contributed by atoms with E-state index in [4.69, 9.17) is 4.52 Å². The van der Waals surface area contributed by atoms with Crippen LogP contribution in [-0.2, 0) is 11.3 Å². The van der Waals surface area contributed by atoms with Crippen molar-refractivity contribution < 1.29 is 13.7 Å². The molecule has 0 aliphatic carbocycles. The van der Waals surface area contributed by atoms with Gasteiger partial charge in [0.1, 0.15) is 5.82 Å². The molecule has 3 heterocycles. The summed E-state index contributed by atoms with van der Waals surface area (Å²) < 4.78 is 18.8. The third-order valence-electron chi connectivity index (χ3n) is 5.27. The van der Waals surface area contributed by atoms with Gasteiger partial charge in [0.2, 0.25) is 11.8 Å². The summed E-state index contributed by atoms with van der Waals surface area (Å²) in [6, 6.07) is 6.54. The topological polar surface area (TPSA) is 62.5 Å². The van der Waals surface area contributed by atoms with Gasteiger partial charge >= 0.3 is 0 Å². The van der Waals surface area contributed by atoms with E-state index in [9.17, 15) is 9.18 Å². The Kier molecular flexibility index (Phi) is 4.03. The number of aromatic nitrogens is 2. The second-order valence-corrected chi connectivity index (χ2v) is 7.02. The lowest BCUT2D eigenvalue weighted by molar-refractivity contribution is -0.130. The van der Waals surface area contributed by atoms with Gasteiger partial charge in [-0.1, -0.05) is 17.3 Å². The zero-order valence-corrected chi connectivity index (χ0v) is 14.4. The first-order chi connectivity index (χ1) is 12.0. The maximum absolute atomic E-state index is 13.7. The van der Waals surface area contributed by atoms with Crippen LogP contribution in [0.2, 0.25) is 0 Å². The molecule has 2 saturated heterocycles. The van der Waals surface area contributed by atoms with E-state index in [0.717, 1.165) is 18.7 Å². The highest BCUT2D eigenvalue weighted by Crippen LogP contribution is 2.45. The fraction of sp³-hybridized carbons (Fsp3) is 0.500. The normalized spacial score (nSPS) is 26.2. The first kappa shape index (κ1) is 16.2. The highest BCUT2D eigenvalue weighted by atomic mass is 19.1. The monoisotopic (exact) mass is 344 g/mol. The Labute approximate surface area is 145 Å². The van der Waals surface area contributed by atoms with E-state index < -0.39 is 0 Å². The van der Waals surface area contributed by atoms with Gasteiger partial charge in [0.25, 0.3) is 0 Å². The van der Waals surface area contributed by atoms with Crippen molar-refractivity contribution in [2.24, 2.45) is 11.8 Å². The van der Waals surface area contributed by atoms with Crippen molar-refractivity contribution >= 4 is 5.91 Å². The Morgan fingerprint density at radius 2 is 2.20 bits per heavy atom. The SMILES string of the molecule is CC(=O)N1C[C@H]2CN(Cc3noc(C)n3)C[C@H]2[C@@H]1c1cccc(F)c1. The molecule has 6 nitrogen and oxygen atoms in total. The molecule has 2 aliphatic rings. The number of aryl methyl sites for hydroxylation is 1. The molecule has 3 atom stereocenters. The molecule has 0 bridgehead atoms. The van der Waals surface area contributed by atoms with Crippen LogP contribution in [-0.4, -0.2) is 45.5 Å². The van der Waals surface area contributed by atoms with Crippen LogP contribution < -0.4 is 0 Å². The molecule has 0 N–H and O–H groups in total. The first-order valence-electron chi connectivity index (χ1n) is 8.55. The summed E-state index contributed by atoms with van der Waals surface area (Å²) in [6.07, 6.45) is 0. The van der Waals surface area contributed by atoms with Crippen molar-refractivity contribution in [3.63, 3.8) is 0 Å². The molecule has 0 unspecified atom stereocenters. The van der Waals surface area contributed by atoms with Crippen LogP contribution in [0.3, 0.4) is 0 Å². The van der Waals surface area contributed by atoms with Crippen LogP contribution >= 0.6 is 0 Å². The van der Waals surface area contributed by atoms with Gasteiger partial charge in [0.05, 0.1) is 12.6 Å². The van der Waals surface area contributed by atoms with Gasteiger partial charge in [0, 0.05) is 39.4 Å². The molecule has 1 aromatic heterocycles. The minimum absolute atomic E-state index is 0.0454. The Bertz CT molecular complexity index is 793. The van der Waals surface area contributed by atoms with Gasteiger partial charge in [-0.25, -0.2) is 4.39 Å². The van der Waals surface area contributed by atoms with E-state index in [1.807, 2.05) is 11.0 Å². The lowest BCUT2D eigenvalue weighted by Gasteiger charge is -2.29.